The van der Waals surface area contributed by atoms with Crippen LogP contribution < -0.4 is 5.48 Å². The molecule has 0 saturated carbocycles. The lowest BCUT2D eigenvalue weighted by Gasteiger charge is -1.94. The van der Waals surface area contributed by atoms with Gasteiger partial charge in [-0.1, -0.05) is 11.3 Å². The molecule has 2 heterocycles. The first-order chi connectivity index (χ1) is 10.7. The number of fused-ring (bicyclic) bond motifs is 1. The molecule has 0 unspecified atom stereocenters. The van der Waals surface area contributed by atoms with Crippen molar-refractivity contribution >= 4 is 23.0 Å². The number of H-pyrrole nitrogens is 1. The Bertz CT molecular complexity index is 853. The van der Waals surface area contributed by atoms with E-state index in [-0.39, 0.29) is 12.1 Å². The van der Waals surface area contributed by atoms with E-state index in [4.69, 9.17) is 5.21 Å². The van der Waals surface area contributed by atoms with Crippen LogP contribution in [-0.4, -0.2) is 36.1 Å². The number of imidazole rings is 1. The van der Waals surface area contributed by atoms with Crippen LogP contribution in [0.4, 0.5) is 4.39 Å². The lowest BCUT2D eigenvalue weighted by molar-refractivity contribution is -0.124. The molecule has 0 atom stereocenters. The van der Waals surface area contributed by atoms with Crippen molar-refractivity contribution < 1.29 is 14.4 Å². The smallest absolute Gasteiger partial charge is 0.267 e. The second-order valence-corrected chi connectivity index (χ2v) is 4.47. The number of aromatic nitrogens is 5. The molecule has 0 aliphatic rings. The van der Waals surface area contributed by atoms with Crippen LogP contribution in [-0.2, 0) is 11.3 Å². The molecule has 0 aliphatic heterocycles. The summed E-state index contributed by atoms with van der Waals surface area (Å²) < 4.78 is 15.1. The van der Waals surface area contributed by atoms with E-state index < -0.39 is 11.7 Å². The number of carbonyl (C=O) groups excluding carboxylic acids is 1. The molecule has 3 aromatic rings. The van der Waals surface area contributed by atoms with E-state index in [1.807, 2.05) is 0 Å². The number of halogens is 1. The van der Waals surface area contributed by atoms with Gasteiger partial charge in [0.15, 0.2) is 5.82 Å². The van der Waals surface area contributed by atoms with Crippen molar-refractivity contribution in [1.82, 2.24) is 30.4 Å². The average molecular weight is 302 g/mol. The van der Waals surface area contributed by atoms with Crippen molar-refractivity contribution in [2.45, 2.75) is 6.54 Å². The molecular weight excluding hydrogens is 291 g/mol. The summed E-state index contributed by atoms with van der Waals surface area (Å²) in [5.41, 5.74) is 2.79. The second kappa shape index (κ2) is 5.74. The van der Waals surface area contributed by atoms with Crippen molar-refractivity contribution in [1.29, 1.82) is 0 Å². The third-order valence-corrected chi connectivity index (χ3v) is 2.90. The van der Waals surface area contributed by atoms with Gasteiger partial charge in [-0.3, -0.25) is 10.0 Å². The number of amides is 1. The molecule has 0 radical (unpaired) electrons. The zero-order chi connectivity index (χ0) is 15.5. The fourth-order valence-electron chi connectivity index (χ4n) is 1.94. The van der Waals surface area contributed by atoms with E-state index >= 15 is 0 Å². The Morgan fingerprint density at radius 2 is 2.36 bits per heavy atom. The molecular formula is C13H11FN6O2. The van der Waals surface area contributed by atoms with Crippen molar-refractivity contribution in [2.24, 2.45) is 0 Å². The number of hydroxylamine groups is 1. The summed E-state index contributed by atoms with van der Waals surface area (Å²) >= 11 is 0. The fourth-order valence-corrected chi connectivity index (χ4v) is 1.94. The molecule has 0 aliphatic carbocycles. The Morgan fingerprint density at radius 3 is 3.14 bits per heavy atom. The summed E-state index contributed by atoms with van der Waals surface area (Å²) in [6.07, 6.45) is 4.10. The Kier molecular flexibility index (Phi) is 3.62. The van der Waals surface area contributed by atoms with Gasteiger partial charge in [0.1, 0.15) is 23.6 Å². The molecule has 9 heteroatoms. The maximum Gasteiger partial charge on any atom is 0.267 e. The van der Waals surface area contributed by atoms with E-state index in [2.05, 4.69) is 20.3 Å². The number of para-hydroxylation sites is 1. The number of nitrogens with zero attached hydrogens (tertiary/aromatic N) is 4. The molecule has 3 rings (SSSR count). The molecule has 2 aromatic heterocycles. The molecule has 0 saturated heterocycles. The lowest BCUT2D eigenvalue weighted by Crippen LogP contribution is -2.14. The maximum absolute atomic E-state index is 13.6. The predicted molar refractivity (Wildman–Crippen MR) is 74.1 cm³/mol. The normalized spacial score (nSPS) is 11.4. The van der Waals surface area contributed by atoms with Crippen LogP contribution in [0.5, 0.6) is 0 Å². The number of carbonyl (C=O) groups is 1. The Hall–Kier alpha value is -3.07. The van der Waals surface area contributed by atoms with E-state index in [1.54, 1.807) is 18.3 Å². The van der Waals surface area contributed by atoms with Crippen molar-refractivity contribution in [3.63, 3.8) is 0 Å². The van der Waals surface area contributed by atoms with Crippen LogP contribution >= 0.6 is 0 Å². The zero-order valence-corrected chi connectivity index (χ0v) is 11.2. The molecule has 0 fully saturated rings. The summed E-state index contributed by atoms with van der Waals surface area (Å²) in [4.78, 5) is 18.0. The number of benzene rings is 1. The summed E-state index contributed by atoms with van der Waals surface area (Å²) in [7, 11) is 0. The van der Waals surface area contributed by atoms with Crippen LogP contribution in [0, 0.1) is 5.82 Å². The lowest BCUT2D eigenvalue weighted by atomic mass is 10.3. The topological polar surface area (TPSA) is 109 Å². The number of hydrogen-bond acceptors (Lipinski definition) is 5. The number of rotatable bonds is 4. The van der Waals surface area contributed by atoms with Gasteiger partial charge in [-0.05, 0) is 18.2 Å². The quantitative estimate of drug-likeness (QED) is 0.376. The number of hydrogen-bond donors (Lipinski definition) is 3. The summed E-state index contributed by atoms with van der Waals surface area (Å²) in [6.45, 7) is 0.279. The molecule has 1 amide bonds. The van der Waals surface area contributed by atoms with Gasteiger partial charge in [-0.15, -0.1) is 5.10 Å². The van der Waals surface area contributed by atoms with Crippen LogP contribution in [0.2, 0.25) is 0 Å². The molecule has 3 N–H and O–H groups in total. The van der Waals surface area contributed by atoms with Gasteiger partial charge in [-0.2, -0.15) is 0 Å². The summed E-state index contributed by atoms with van der Waals surface area (Å²) in [5, 5.41) is 16.1. The predicted octanol–water partition coefficient (Wildman–Crippen LogP) is 0.860. The minimum absolute atomic E-state index is 0.275. The van der Waals surface area contributed by atoms with Crippen molar-refractivity contribution in [2.75, 3.05) is 0 Å². The SMILES string of the molecule is O=C(C=Cc1cn(Cc2nc3c(F)cccc3[nH]2)nn1)NO. The fraction of sp³-hybridized carbons (Fsp3) is 0.0769. The second-order valence-electron chi connectivity index (χ2n) is 4.47. The number of nitrogens with one attached hydrogen (secondary N) is 2. The van der Waals surface area contributed by atoms with Crippen LogP contribution in [0.25, 0.3) is 17.1 Å². The minimum atomic E-state index is -0.665. The largest absolute Gasteiger partial charge is 0.340 e. The highest BCUT2D eigenvalue weighted by molar-refractivity contribution is 5.90. The highest BCUT2D eigenvalue weighted by Gasteiger charge is 2.08. The first-order valence-corrected chi connectivity index (χ1v) is 6.31. The van der Waals surface area contributed by atoms with Gasteiger partial charge < -0.3 is 4.98 Å². The third kappa shape index (κ3) is 2.83. The van der Waals surface area contributed by atoms with E-state index in [9.17, 15) is 9.18 Å². The standard InChI is InChI=1S/C13H11FN6O2/c14-9-2-1-3-10-13(9)16-11(15-10)7-20-6-8(17-19-20)4-5-12(21)18-22/h1-6,22H,7H2,(H,15,16)(H,18,21). The average Bonchev–Trinajstić information content (AvgIpc) is 3.12. The van der Waals surface area contributed by atoms with E-state index in [0.717, 1.165) is 6.08 Å². The van der Waals surface area contributed by atoms with Gasteiger partial charge in [0, 0.05) is 6.08 Å². The number of aromatic amines is 1. The Balaban J connectivity index is 1.78. The van der Waals surface area contributed by atoms with Crippen LogP contribution in [0.1, 0.15) is 11.5 Å². The van der Waals surface area contributed by atoms with Crippen molar-refractivity contribution in [3.05, 3.63) is 47.8 Å². The van der Waals surface area contributed by atoms with E-state index in [1.165, 1.54) is 22.3 Å². The van der Waals surface area contributed by atoms with Gasteiger partial charge in [0.2, 0.25) is 0 Å². The summed E-state index contributed by atoms with van der Waals surface area (Å²) in [6, 6.07) is 4.68. The molecule has 22 heavy (non-hydrogen) atoms. The molecule has 0 bridgehead atoms. The van der Waals surface area contributed by atoms with Gasteiger partial charge in [0.05, 0.1) is 11.7 Å². The molecule has 8 nitrogen and oxygen atoms in total. The van der Waals surface area contributed by atoms with Gasteiger partial charge in [0.25, 0.3) is 5.91 Å². The van der Waals surface area contributed by atoms with Gasteiger partial charge in [-0.25, -0.2) is 19.5 Å². The first-order valence-electron chi connectivity index (χ1n) is 6.31. The Labute approximate surface area is 123 Å². The van der Waals surface area contributed by atoms with Crippen molar-refractivity contribution in [3.8, 4) is 0 Å². The van der Waals surface area contributed by atoms with Gasteiger partial charge >= 0.3 is 0 Å². The highest BCUT2D eigenvalue weighted by atomic mass is 19.1. The third-order valence-electron chi connectivity index (χ3n) is 2.90. The zero-order valence-electron chi connectivity index (χ0n) is 11.2. The monoisotopic (exact) mass is 302 g/mol. The van der Waals surface area contributed by atoms with Crippen LogP contribution in [0.15, 0.2) is 30.5 Å². The maximum atomic E-state index is 13.6. The molecule has 112 valence electrons. The van der Waals surface area contributed by atoms with E-state index in [0.29, 0.717) is 17.0 Å². The molecule has 1 aromatic carbocycles. The van der Waals surface area contributed by atoms with Crippen LogP contribution in [0.3, 0.4) is 0 Å². The highest BCUT2D eigenvalue weighted by Crippen LogP contribution is 2.15. The Morgan fingerprint density at radius 1 is 1.50 bits per heavy atom. The molecule has 0 spiro atoms. The minimum Gasteiger partial charge on any atom is -0.340 e. The summed E-state index contributed by atoms with van der Waals surface area (Å²) in [5.74, 6) is -0.520. The first kappa shape index (κ1) is 13.9.